The van der Waals surface area contributed by atoms with Gasteiger partial charge in [-0.1, -0.05) is 38.1 Å². The molecule has 31 heavy (non-hydrogen) atoms. The molecule has 0 unspecified atom stereocenters. The van der Waals surface area contributed by atoms with Gasteiger partial charge >= 0.3 is 0 Å². The Balaban J connectivity index is 1.32. The minimum Gasteiger partial charge on any atom is -0.304 e. The van der Waals surface area contributed by atoms with Crippen molar-refractivity contribution in [2.75, 3.05) is 38.5 Å². The molecule has 1 N–H and O–H groups in total. The molecule has 6 nitrogen and oxygen atoms in total. The number of carbonyl (C=O) groups is 1. The summed E-state index contributed by atoms with van der Waals surface area (Å²) in [7, 11) is 2.18. The second-order valence-electron chi connectivity index (χ2n) is 8.38. The number of thiazole rings is 2. The number of benzene rings is 1. The van der Waals surface area contributed by atoms with Crippen molar-refractivity contribution in [2.45, 2.75) is 32.7 Å². The van der Waals surface area contributed by atoms with Crippen LogP contribution < -0.4 is 5.32 Å². The van der Waals surface area contributed by atoms with Gasteiger partial charge in [-0.2, -0.15) is 0 Å². The Morgan fingerprint density at radius 3 is 2.48 bits per heavy atom. The summed E-state index contributed by atoms with van der Waals surface area (Å²) in [5, 5.41) is 8.45. The van der Waals surface area contributed by atoms with E-state index < -0.39 is 0 Å². The van der Waals surface area contributed by atoms with Gasteiger partial charge in [0.2, 0.25) is 5.91 Å². The van der Waals surface area contributed by atoms with Crippen LogP contribution in [0.4, 0.5) is 5.13 Å². The zero-order valence-corrected chi connectivity index (χ0v) is 19.9. The Labute approximate surface area is 192 Å². The number of hydrogen-bond acceptors (Lipinski definition) is 7. The molecule has 0 saturated carbocycles. The third-order valence-electron chi connectivity index (χ3n) is 5.46. The van der Waals surface area contributed by atoms with Crippen molar-refractivity contribution in [3.63, 3.8) is 0 Å². The molecular formula is C23H29N5OS2. The summed E-state index contributed by atoms with van der Waals surface area (Å²) in [6.07, 6.45) is 0.259. The molecule has 1 saturated heterocycles. The fourth-order valence-electron chi connectivity index (χ4n) is 3.47. The lowest BCUT2D eigenvalue weighted by Crippen LogP contribution is -2.43. The van der Waals surface area contributed by atoms with Crippen LogP contribution in [0.3, 0.4) is 0 Å². The highest BCUT2D eigenvalue weighted by Crippen LogP contribution is 2.25. The largest absolute Gasteiger partial charge is 0.304 e. The fourth-order valence-corrected chi connectivity index (χ4v) is 5.19. The molecule has 0 radical (unpaired) electrons. The maximum absolute atomic E-state index is 12.4. The summed E-state index contributed by atoms with van der Waals surface area (Å²) in [4.78, 5) is 26.4. The molecule has 0 aliphatic carbocycles. The average Bonchev–Trinajstić information content (AvgIpc) is 3.40. The third kappa shape index (κ3) is 5.98. The molecule has 1 aliphatic heterocycles. The normalized spacial score (nSPS) is 15.5. The molecule has 4 rings (SSSR count). The van der Waals surface area contributed by atoms with Gasteiger partial charge in [0.15, 0.2) is 5.13 Å². The fraction of sp³-hybridized carbons (Fsp3) is 0.435. The first kappa shape index (κ1) is 22.1. The average molecular weight is 456 g/mol. The molecule has 2 aromatic heterocycles. The van der Waals surface area contributed by atoms with Gasteiger partial charge in [-0.15, -0.1) is 22.7 Å². The number of likely N-dealkylation sites (N-methyl/N-ethyl adjacent to an activating group) is 1. The highest BCUT2D eigenvalue weighted by Gasteiger charge is 2.15. The summed E-state index contributed by atoms with van der Waals surface area (Å²) < 4.78 is 0. The molecular weight excluding hydrogens is 426 g/mol. The second-order valence-corrected chi connectivity index (χ2v) is 10.1. The molecule has 1 aromatic carbocycles. The van der Waals surface area contributed by atoms with Gasteiger partial charge in [-0.05, 0) is 18.5 Å². The summed E-state index contributed by atoms with van der Waals surface area (Å²) in [6, 6.07) is 8.65. The van der Waals surface area contributed by atoms with Crippen LogP contribution in [-0.2, 0) is 17.8 Å². The van der Waals surface area contributed by atoms with Crippen molar-refractivity contribution in [2.24, 2.45) is 0 Å². The monoisotopic (exact) mass is 455 g/mol. The van der Waals surface area contributed by atoms with Crippen LogP contribution in [0.25, 0.3) is 10.6 Å². The van der Waals surface area contributed by atoms with Crippen LogP contribution in [0, 0.1) is 0 Å². The zero-order chi connectivity index (χ0) is 21.8. The van der Waals surface area contributed by atoms with E-state index in [2.05, 4.69) is 70.2 Å². The first-order valence-electron chi connectivity index (χ1n) is 10.7. The van der Waals surface area contributed by atoms with Crippen LogP contribution in [-0.4, -0.2) is 58.9 Å². The predicted molar refractivity (Wildman–Crippen MR) is 129 cm³/mol. The molecule has 0 spiro atoms. The topological polar surface area (TPSA) is 61.4 Å². The number of aromatic nitrogens is 2. The molecule has 0 bridgehead atoms. The molecule has 1 fully saturated rings. The van der Waals surface area contributed by atoms with Gasteiger partial charge < -0.3 is 10.2 Å². The SMILES string of the molecule is CC(C)c1csc(NC(=O)Cc2csc(-c3ccc(CN4CCN(C)CC4)cc3)n2)n1. The zero-order valence-electron chi connectivity index (χ0n) is 18.3. The quantitative estimate of drug-likeness (QED) is 0.575. The molecule has 8 heteroatoms. The Bertz CT molecular complexity index is 1000. The van der Waals surface area contributed by atoms with Gasteiger partial charge in [0, 0.05) is 49.0 Å². The number of anilines is 1. The van der Waals surface area contributed by atoms with E-state index >= 15 is 0 Å². The maximum atomic E-state index is 12.4. The summed E-state index contributed by atoms with van der Waals surface area (Å²) in [6.45, 7) is 9.69. The number of carbonyl (C=O) groups excluding carboxylic acids is 1. The van der Waals surface area contributed by atoms with E-state index in [1.165, 1.54) is 16.9 Å². The number of amides is 1. The van der Waals surface area contributed by atoms with E-state index in [0.29, 0.717) is 11.0 Å². The van der Waals surface area contributed by atoms with Crippen LogP contribution in [0.15, 0.2) is 35.0 Å². The Hall–Kier alpha value is -2.13. The maximum Gasteiger partial charge on any atom is 0.232 e. The summed E-state index contributed by atoms with van der Waals surface area (Å²) >= 11 is 3.05. The van der Waals surface area contributed by atoms with Crippen LogP contribution in [0.1, 0.15) is 36.7 Å². The van der Waals surface area contributed by atoms with Gasteiger partial charge in [-0.25, -0.2) is 9.97 Å². The summed E-state index contributed by atoms with van der Waals surface area (Å²) in [5.41, 5.74) is 4.22. The van der Waals surface area contributed by atoms with E-state index in [9.17, 15) is 4.79 Å². The van der Waals surface area contributed by atoms with Gasteiger partial charge in [0.1, 0.15) is 5.01 Å². The van der Waals surface area contributed by atoms with Crippen molar-refractivity contribution in [3.8, 4) is 10.6 Å². The van der Waals surface area contributed by atoms with Crippen LogP contribution in [0.5, 0.6) is 0 Å². The minimum atomic E-state index is -0.0796. The molecule has 3 aromatic rings. The van der Waals surface area contributed by atoms with E-state index in [1.807, 2.05) is 10.8 Å². The first-order chi connectivity index (χ1) is 15.0. The third-order valence-corrected chi connectivity index (χ3v) is 7.17. The lowest BCUT2D eigenvalue weighted by Gasteiger charge is -2.32. The number of nitrogens with zero attached hydrogens (tertiary/aromatic N) is 4. The summed E-state index contributed by atoms with van der Waals surface area (Å²) in [5.74, 6) is 0.278. The Morgan fingerprint density at radius 1 is 1.06 bits per heavy atom. The predicted octanol–water partition coefficient (Wildman–Crippen LogP) is 4.32. The van der Waals surface area contributed by atoms with Crippen molar-refractivity contribution in [3.05, 3.63) is 52.0 Å². The highest BCUT2D eigenvalue weighted by atomic mass is 32.1. The first-order valence-corrected chi connectivity index (χ1v) is 12.4. The van der Waals surface area contributed by atoms with Crippen molar-refractivity contribution in [1.29, 1.82) is 0 Å². The van der Waals surface area contributed by atoms with Gasteiger partial charge in [0.25, 0.3) is 0 Å². The molecule has 1 aliphatic rings. The van der Waals surface area contributed by atoms with Crippen LogP contribution >= 0.6 is 22.7 Å². The van der Waals surface area contributed by atoms with E-state index in [1.54, 1.807) is 11.3 Å². The van der Waals surface area contributed by atoms with Gasteiger partial charge in [-0.3, -0.25) is 9.69 Å². The minimum absolute atomic E-state index is 0.0796. The number of hydrogen-bond donors (Lipinski definition) is 1. The smallest absolute Gasteiger partial charge is 0.232 e. The van der Waals surface area contributed by atoms with Crippen molar-refractivity contribution < 1.29 is 4.79 Å². The van der Waals surface area contributed by atoms with Crippen molar-refractivity contribution in [1.82, 2.24) is 19.8 Å². The number of piperazine rings is 1. The molecule has 164 valence electrons. The molecule has 3 heterocycles. The highest BCUT2D eigenvalue weighted by molar-refractivity contribution is 7.14. The van der Waals surface area contributed by atoms with Crippen molar-refractivity contribution >= 4 is 33.7 Å². The standard InChI is InChI=1S/C23H29N5OS2/c1-16(2)20-15-31-23(25-20)26-21(29)12-19-14-30-22(24-19)18-6-4-17(5-7-18)13-28-10-8-27(3)9-11-28/h4-7,14-16H,8-13H2,1-3H3,(H,25,26,29). The molecule has 0 atom stereocenters. The molecule has 1 amide bonds. The van der Waals surface area contributed by atoms with Gasteiger partial charge in [0.05, 0.1) is 17.8 Å². The van der Waals surface area contributed by atoms with E-state index in [-0.39, 0.29) is 12.3 Å². The lowest BCUT2D eigenvalue weighted by atomic mass is 10.1. The number of nitrogens with one attached hydrogen (secondary N) is 1. The van der Waals surface area contributed by atoms with E-state index in [4.69, 9.17) is 0 Å². The Kier molecular flexibility index (Phi) is 7.12. The lowest BCUT2D eigenvalue weighted by molar-refractivity contribution is -0.115. The Morgan fingerprint density at radius 2 is 1.81 bits per heavy atom. The second kappa shape index (κ2) is 9.99. The van der Waals surface area contributed by atoms with Crippen LogP contribution in [0.2, 0.25) is 0 Å². The van der Waals surface area contributed by atoms with E-state index in [0.717, 1.165) is 54.7 Å². The number of rotatable bonds is 7.